The summed E-state index contributed by atoms with van der Waals surface area (Å²) in [6.07, 6.45) is 1.21. The summed E-state index contributed by atoms with van der Waals surface area (Å²) < 4.78 is 17.4. The van der Waals surface area contributed by atoms with Crippen LogP contribution >= 0.6 is 11.3 Å². The second-order valence-electron chi connectivity index (χ2n) is 7.44. The van der Waals surface area contributed by atoms with Crippen molar-refractivity contribution in [2.75, 3.05) is 39.5 Å². The number of thiophene rings is 1. The van der Waals surface area contributed by atoms with Gasteiger partial charge in [-0.25, -0.2) is 0 Å². The molecule has 2 aliphatic heterocycles. The summed E-state index contributed by atoms with van der Waals surface area (Å²) in [5, 5.41) is 5.84. The topological polar surface area (TPSA) is 43.0 Å². The normalized spacial score (nSPS) is 20.6. The van der Waals surface area contributed by atoms with Crippen LogP contribution in [0.1, 0.15) is 35.9 Å². The molecule has 152 valence electrons. The number of benzene rings is 1. The molecule has 0 amide bonds. The standard InChI is InChI=1S/C22H30N2O3S/c1-3-26-20-12-17-11-16(2)27-21(17)13-18(20)14-23-15-19(22-5-4-10-28-22)24-6-8-25-9-7-24/h4-5,10,12-13,16,19,23H,3,6-9,11,14-15H2,1-2H3/t16-,19+/m0/s1. The number of fused-ring (bicyclic) bond motifs is 1. The molecule has 0 unspecified atom stereocenters. The fraction of sp³-hybridized carbons (Fsp3) is 0.545. The van der Waals surface area contributed by atoms with Crippen LogP contribution in [0.3, 0.4) is 0 Å². The highest BCUT2D eigenvalue weighted by Gasteiger charge is 2.24. The summed E-state index contributed by atoms with van der Waals surface area (Å²) in [6, 6.07) is 9.08. The maximum atomic E-state index is 5.96. The molecule has 2 aliphatic rings. The molecule has 0 spiro atoms. The maximum absolute atomic E-state index is 5.96. The summed E-state index contributed by atoms with van der Waals surface area (Å²) in [5.74, 6) is 1.99. The zero-order valence-electron chi connectivity index (χ0n) is 16.8. The summed E-state index contributed by atoms with van der Waals surface area (Å²) in [7, 11) is 0. The van der Waals surface area contributed by atoms with Crippen molar-refractivity contribution in [1.29, 1.82) is 0 Å². The Hall–Kier alpha value is -1.60. The number of nitrogens with zero attached hydrogens (tertiary/aromatic N) is 1. The zero-order valence-corrected chi connectivity index (χ0v) is 17.6. The molecular formula is C22H30N2O3S. The molecule has 1 aromatic heterocycles. The number of nitrogens with one attached hydrogen (secondary N) is 1. The van der Waals surface area contributed by atoms with Gasteiger partial charge in [0, 0.05) is 48.6 Å². The van der Waals surface area contributed by atoms with E-state index in [2.05, 4.69) is 46.8 Å². The van der Waals surface area contributed by atoms with Crippen molar-refractivity contribution in [3.63, 3.8) is 0 Å². The summed E-state index contributed by atoms with van der Waals surface area (Å²) in [4.78, 5) is 3.93. The quantitative estimate of drug-likeness (QED) is 0.730. The van der Waals surface area contributed by atoms with Crippen LogP contribution in [0.2, 0.25) is 0 Å². The third-order valence-electron chi connectivity index (χ3n) is 5.39. The fourth-order valence-corrected chi connectivity index (χ4v) is 4.89. The molecule has 0 bridgehead atoms. The zero-order chi connectivity index (χ0) is 19.3. The lowest BCUT2D eigenvalue weighted by molar-refractivity contribution is 0.0168. The molecule has 1 aromatic carbocycles. The van der Waals surface area contributed by atoms with Crippen LogP contribution in [0.25, 0.3) is 0 Å². The smallest absolute Gasteiger partial charge is 0.124 e. The van der Waals surface area contributed by atoms with E-state index in [9.17, 15) is 0 Å². The van der Waals surface area contributed by atoms with E-state index in [-0.39, 0.29) is 6.10 Å². The Balaban J connectivity index is 1.45. The summed E-state index contributed by atoms with van der Waals surface area (Å²) >= 11 is 1.83. The molecule has 1 saturated heterocycles. The molecule has 2 aromatic rings. The Labute approximate surface area is 171 Å². The monoisotopic (exact) mass is 402 g/mol. The minimum Gasteiger partial charge on any atom is -0.494 e. The molecule has 1 N–H and O–H groups in total. The van der Waals surface area contributed by atoms with Crippen LogP contribution in [0, 0.1) is 0 Å². The predicted octanol–water partition coefficient (Wildman–Crippen LogP) is 3.63. The Morgan fingerprint density at radius 2 is 2.18 bits per heavy atom. The average Bonchev–Trinajstić information content (AvgIpc) is 3.35. The molecule has 2 atom stereocenters. The molecule has 1 fully saturated rings. The van der Waals surface area contributed by atoms with Gasteiger partial charge in [0.05, 0.1) is 25.9 Å². The van der Waals surface area contributed by atoms with E-state index in [4.69, 9.17) is 14.2 Å². The van der Waals surface area contributed by atoms with Crippen molar-refractivity contribution < 1.29 is 14.2 Å². The first-order valence-corrected chi connectivity index (χ1v) is 11.1. The van der Waals surface area contributed by atoms with E-state index < -0.39 is 0 Å². The van der Waals surface area contributed by atoms with Gasteiger partial charge in [0.2, 0.25) is 0 Å². The van der Waals surface area contributed by atoms with Gasteiger partial charge < -0.3 is 19.5 Å². The second kappa shape index (κ2) is 9.27. The van der Waals surface area contributed by atoms with E-state index in [0.717, 1.165) is 57.3 Å². The molecule has 0 radical (unpaired) electrons. The van der Waals surface area contributed by atoms with E-state index in [1.165, 1.54) is 16.0 Å². The third kappa shape index (κ3) is 4.51. The summed E-state index contributed by atoms with van der Waals surface area (Å²) in [5.41, 5.74) is 2.42. The molecule has 3 heterocycles. The van der Waals surface area contributed by atoms with E-state index in [1.807, 2.05) is 18.3 Å². The maximum Gasteiger partial charge on any atom is 0.124 e. The highest BCUT2D eigenvalue weighted by atomic mass is 32.1. The second-order valence-corrected chi connectivity index (χ2v) is 8.42. The average molecular weight is 403 g/mol. The number of morpholine rings is 1. The predicted molar refractivity (Wildman–Crippen MR) is 113 cm³/mol. The molecule has 0 saturated carbocycles. The molecular weight excluding hydrogens is 372 g/mol. The van der Waals surface area contributed by atoms with Crippen LogP contribution in [-0.2, 0) is 17.7 Å². The van der Waals surface area contributed by atoms with Crippen molar-refractivity contribution in [1.82, 2.24) is 10.2 Å². The molecule has 4 rings (SSSR count). The molecule has 0 aliphatic carbocycles. The Morgan fingerprint density at radius 1 is 1.32 bits per heavy atom. The van der Waals surface area contributed by atoms with Crippen LogP contribution in [0.4, 0.5) is 0 Å². The van der Waals surface area contributed by atoms with Crippen LogP contribution < -0.4 is 14.8 Å². The van der Waals surface area contributed by atoms with Gasteiger partial charge in [-0.05, 0) is 37.4 Å². The Morgan fingerprint density at radius 3 is 2.93 bits per heavy atom. The van der Waals surface area contributed by atoms with Crippen LogP contribution in [-0.4, -0.2) is 50.5 Å². The largest absolute Gasteiger partial charge is 0.494 e. The van der Waals surface area contributed by atoms with Gasteiger partial charge in [0.25, 0.3) is 0 Å². The van der Waals surface area contributed by atoms with E-state index in [1.54, 1.807) is 0 Å². The van der Waals surface area contributed by atoms with Crippen molar-refractivity contribution in [2.24, 2.45) is 0 Å². The van der Waals surface area contributed by atoms with Gasteiger partial charge in [-0.2, -0.15) is 0 Å². The lowest BCUT2D eigenvalue weighted by atomic mass is 10.1. The van der Waals surface area contributed by atoms with Gasteiger partial charge in [-0.3, -0.25) is 4.90 Å². The lowest BCUT2D eigenvalue weighted by Gasteiger charge is -2.34. The van der Waals surface area contributed by atoms with Crippen LogP contribution in [0.5, 0.6) is 11.5 Å². The van der Waals surface area contributed by atoms with Crippen molar-refractivity contribution in [2.45, 2.75) is 39.0 Å². The minimum absolute atomic E-state index is 0.247. The fourth-order valence-electron chi connectivity index (χ4n) is 4.03. The highest BCUT2D eigenvalue weighted by molar-refractivity contribution is 7.10. The van der Waals surface area contributed by atoms with Gasteiger partial charge in [-0.1, -0.05) is 6.07 Å². The van der Waals surface area contributed by atoms with Crippen molar-refractivity contribution in [3.05, 3.63) is 45.6 Å². The van der Waals surface area contributed by atoms with Gasteiger partial charge >= 0.3 is 0 Å². The van der Waals surface area contributed by atoms with E-state index >= 15 is 0 Å². The van der Waals surface area contributed by atoms with Gasteiger partial charge in [-0.15, -0.1) is 11.3 Å². The molecule has 6 heteroatoms. The molecule has 5 nitrogen and oxygen atoms in total. The first kappa shape index (κ1) is 19.7. The first-order chi connectivity index (χ1) is 13.7. The number of hydrogen-bond acceptors (Lipinski definition) is 6. The minimum atomic E-state index is 0.247. The number of rotatable bonds is 8. The van der Waals surface area contributed by atoms with Gasteiger partial charge in [0.1, 0.15) is 17.6 Å². The van der Waals surface area contributed by atoms with Gasteiger partial charge in [0.15, 0.2) is 0 Å². The Kier molecular flexibility index (Phi) is 6.52. The van der Waals surface area contributed by atoms with Crippen molar-refractivity contribution in [3.8, 4) is 11.5 Å². The van der Waals surface area contributed by atoms with Crippen molar-refractivity contribution >= 4 is 11.3 Å². The first-order valence-electron chi connectivity index (χ1n) is 10.3. The van der Waals surface area contributed by atoms with Crippen LogP contribution in [0.15, 0.2) is 29.6 Å². The molecule has 28 heavy (non-hydrogen) atoms. The number of ether oxygens (including phenoxy) is 3. The van der Waals surface area contributed by atoms with E-state index in [0.29, 0.717) is 12.6 Å². The third-order valence-corrected chi connectivity index (χ3v) is 6.36. The number of hydrogen-bond donors (Lipinski definition) is 1. The Bertz CT molecular complexity index is 759. The SMILES string of the molecule is CCOc1cc2c(cc1CNC[C@H](c1cccs1)N1CCOCC1)O[C@@H](C)C2. The highest BCUT2D eigenvalue weighted by Crippen LogP contribution is 2.35. The lowest BCUT2D eigenvalue weighted by Crippen LogP contribution is -2.42. The summed E-state index contributed by atoms with van der Waals surface area (Å²) in [6.45, 7) is 10.1.